The van der Waals surface area contributed by atoms with Gasteiger partial charge in [-0.05, 0) is 17.7 Å². The monoisotopic (exact) mass is 270 g/mol. The van der Waals surface area contributed by atoms with Crippen LogP contribution in [0.4, 0.5) is 4.39 Å². The maximum absolute atomic E-state index is 13.2. The average Bonchev–Trinajstić information content (AvgIpc) is 2.47. The zero-order valence-electron chi connectivity index (χ0n) is 11.0. The highest BCUT2D eigenvalue weighted by Crippen LogP contribution is 2.19. The van der Waals surface area contributed by atoms with Gasteiger partial charge in [0.25, 0.3) is 0 Å². The van der Waals surface area contributed by atoms with Crippen molar-refractivity contribution in [2.24, 2.45) is 0 Å². The Morgan fingerprint density at radius 1 is 1.10 bits per heavy atom. The number of ether oxygens (including phenoxy) is 1. The normalized spacial score (nSPS) is 9.70. The first-order valence-corrected chi connectivity index (χ1v) is 6.35. The van der Waals surface area contributed by atoms with Gasteiger partial charge in [-0.2, -0.15) is 0 Å². The van der Waals surface area contributed by atoms with Crippen molar-refractivity contribution < 1.29 is 14.2 Å². The molecular formula is C17H15FO2. The standard InChI is InChI=1S/C17H15FO2/c18-16-9-8-15(7-4-11-19)17(13-16)20-12-10-14-5-2-1-3-6-14/h1-3,5-6,8-9,13,19H,10-12H2. The Balaban J connectivity index is 2.03. The molecule has 0 amide bonds. The molecule has 2 rings (SSSR count). The van der Waals surface area contributed by atoms with Gasteiger partial charge in [0.15, 0.2) is 0 Å². The number of hydrogen-bond donors (Lipinski definition) is 1. The Morgan fingerprint density at radius 3 is 2.65 bits per heavy atom. The molecule has 0 radical (unpaired) electrons. The molecule has 0 aliphatic heterocycles. The molecule has 1 N–H and O–H groups in total. The number of hydrogen-bond acceptors (Lipinski definition) is 2. The van der Waals surface area contributed by atoms with Crippen LogP contribution in [-0.2, 0) is 6.42 Å². The van der Waals surface area contributed by atoms with E-state index in [4.69, 9.17) is 9.84 Å². The van der Waals surface area contributed by atoms with E-state index >= 15 is 0 Å². The van der Waals surface area contributed by atoms with Crippen LogP contribution in [0.15, 0.2) is 48.5 Å². The minimum Gasteiger partial charge on any atom is -0.492 e. The predicted molar refractivity (Wildman–Crippen MR) is 76.0 cm³/mol. The molecule has 0 atom stereocenters. The summed E-state index contributed by atoms with van der Waals surface area (Å²) in [5.74, 6) is 5.32. The van der Waals surface area contributed by atoms with Gasteiger partial charge in [0.2, 0.25) is 0 Å². The highest BCUT2D eigenvalue weighted by atomic mass is 19.1. The lowest BCUT2D eigenvalue weighted by molar-refractivity contribution is 0.319. The maximum Gasteiger partial charge on any atom is 0.137 e. The second-order valence-electron chi connectivity index (χ2n) is 4.18. The Morgan fingerprint density at radius 2 is 1.90 bits per heavy atom. The van der Waals surface area contributed by atoms with Gasteiger partial charge in [-0.1, -0.05) is 42.2 Å². The van der Waals surface area contributed by atoms with Crippen LogP contribution in [0.1, 0.15) is 11.1 Å². The number of halogens is 1. The minimum absolute atomic E-state index is 0.235. The molecule has 102 valence electrons. The van der Waals surface area contributed by atoms with Crippen LogP contribution in [0.3, 0.4) is 0 Å². The third kappa shape index (κ3) is 4.11. The highest BCUT2D eigenvalue weighted by molar-refractivity contribution is 5.46. The number of aliphatic hydroxyl groups is 1. The van der Waals surface area contributed by atoms with Gasteiger partial charge in [-0.25, -0.2) is 4.39 Å². The largest absolute Gasteiger partial charge is 0.492 e. The number of rotatable bonds is 4. The molecule has 2 aromatic rings. The SMILES string of the molecule is OCC#Cc1ccc(F)cc1OCCc1ccccc1. The molecular weight excluding hydrogens is 255 g/mol. The summed E-state index contributed by atoms with van der Waals surface area (Å²) in [6, 6.07) is 14.1. The van der Waals surface area contributed by atoms with Crippen molar-refractivity contribution in [3.63, 3.8) is 0 Å². The summed E-state index contributed by atoms with van der Waals surface area (Å²) in [6.07, 6.45) is 0.740. The van der Waals surface area contributed by atoms with Crippen molar-refractivity contribution in [2.75, 3.05) is 13.2 Å². The van der Waals surface area contributed by atoms with E-state index in [9.17, 15) is 4.39 Å². The van der Waals surface area contributed by atoms with Crippen LogP contribution in [0.25, 0.3) is 0 Å². The smallest absolute Gasteiger partial charge is 0.137 e. The summed E-state index contributed by atoms with van der Waals surface area (Å²) in [5.41, 5.74) is 1.74. The van der Waals surface area contributed by atoms with Gasteiger partial charge in [0.1, 0.15) is 18.2 Å². The summed E-state index contributed by atoms with van der Waals surface area (Å²) >= 11 is 0. The Hall–Kier alpha value is -2.31. The van der Waals surface area contributed by atoms with Crippen molar-refractivity contribution in [1.29, 1.82) is 0 Å². The van der Waals surface area contributed by atoms with E-state index in [1.54, 1.807) is 6.07 Å². The molecule has 2 aromatic carbocycles. The first-order valence-electron chi connectivity index (χ1n) is 6.35. The van der Waals surface area contributed by atoms with Crippen LogP contribution < -0.4 is 4.74 Å². The fourth-order valence-corrected chi connectivity index (χ4v) is 1.78. The number of aliphatic hydroxyl groups excluding tert-OH is 1. The molecule has 0 saturated heterocycles. The molecule has 0 aliphatic rings. The molecule has 0 heterocycles. The van der Waals surface area contributed by atoms with E-state index in [0.29, 0.717) is 17.9 Å². The molecule has 0 fully saturated rings. The zero-order chi connectivity index (χ0) is 14.2. The summed E-state index contributed by atoms with van der Waals surface area (Å²) in [7, 11) is 0. The van der Waals surface area contributed by atoms with Gasteiger partial charge in [-0.3, -0.25) is 0 Å². The Labute approximate surface area is 117 Å². The van der Waals surface area contributed by atoms with E-state index in [1.807, 2.05) is 30.3 Å². The quantitative estimate of drug-likeness (QED) is 0.866. The maximum atomic E-state index is 13.2. The van der Waals surface area contributed by atoms with Gasteiger partial charge in [0.05, 0.1) is 12.2 Å². The van der Waals surface area contributed by atoms with Gasteiger partial charge in [0, 0.05) is 12.5 Å². The third-order valence-electron chi connectivity index (χ3n) is 2.74. The molecule has 0 aromatic heterocycles. The van der Waals surface area contributed by atoms with Crippen LogP contribution in [0, 0.1) is 17.7 Å². The van der Waals surface area contributed by atoms with Crippen molar-refractivity contribution in [3.8, 4) is 17.6 Å². The first kappa shape index (κ1) is 14.1. The van der Waals surface area contributed by atoms with Crippen LogP contribution >= 0.6 is 0 Å². The molecule has 0 bridgehead atoms. The third-order valence-corrected chi connectivity index (χ3v) is 2.74. The van der Waals surface area contributed by atoms with Crippen LogP contribution in [0.5, 0.6) is 5.75 Å². The highest BCUT2D eigenvalue weighted by Gasteiger charge is 2.03. The first-order chi connectivity index (χ1) is 9.79. The fourth-order valence-electron chi connectivity index (χ4n) is 1.78. The van der Waals surface area contributed by atoms with Crippen LogP contribution in [0.2, 0.25) is 0 Å². The van der Waals surface area contributed by atoms with E-state index in [1.165, 1.54) is 12.1 Å². The van der Waals surface area contributed by atoms with Gasteiger partial charge >= 0.3 is 0 Å². The average molecular weight is 270 g/mol. The molecule has 0 saturated carbocycles. The fraction of sp³-hybridized carbons (Fsp3) is 0.176. The van der Waals surface area contributed by atoms with Crippen molar-refractivity contribution >= 4 is 0 Å². The van der Waals surface area contributed by atoms with Gasteiger partial charge < -0.3 is 9.84 Å². The second kappa shape index (κ2) is 7.32. The van der Waals surface area contributed by atoms with Crippen molar-refractivity contribution in [2.45, 2.75) is 6.42 Å². The van der Waals surface area contributed by atoms with E-state index in [2.05, 4.69) is 11.8 Å². The lowest BCUT2D eigenvalue weighted by atomic mass is 10.1. The summed E-state index contributed by atoms with van der Waals surface area (Å²) in [5, 5.41) is 8.71. The lowest BCUT2D eigenvalue weighted by Crippen LogP contribution is -2.03. The van der Waals surface area contributed by atoms with E-state index < -0.39 is 0 Å². The predicted octanol–water partition coefficient (Wildman–Crippen LogP) is 2.79. The molecule has 0 unspecified atom stereocenters. The molecule has 3 heteroatoms. The Bertz CT molecular complexity index is 612. The van der Waals surface area contributed by atoms with Crippen LogP contribution in [-0.4, -0.2) is 18.3 Å². The summed E-state index contributed by atoms with van der Waals surface area (Å²) in [6.45, 7) is 0.210. The minimum atomic E-state index is -0.366. The van der Waals surface area contributed by atoms with Crippen molar-refractivity contribution in [3.05, 3.63) is 65.5 Å². The molecule has 20 heavy (non-hydrogen) atoms. The van der Waals surface area contributed by atoms with E-state index in [0.717, 1.165) is 12.0 Å². The van der Waals surface area contributed by atoms with Crippen molar-refractivity contribution in [1.82, 2.24) is 0 Å². The topological polar surface area (TPSA) is 29.5 Å². The summed E-state index contributed by atoms with van der Waals surface area (Å²) in [4.78, 5) is 0. The molecule has 0 aliphatic carbocycles. The lowest BCUT2D eigenvalue weighted by Gasteiger charge is -2.08. The molecule has 0 spiro atoms. The zero-order valence-corrected chi connectivity index (χ0v) is 11.0. The Kier molecular flexibility index (Phi) is 5.16. The second-order valence-corrected chi connectivity index (χ2v) is 4.18. The number of benzene rings is 2. The molecule has 2 nitrogen and oxygen atoms in total. The van der Waals surface area contributed by atoms with E-state index in [-0.39, 0.29) is 12.4 Å². The van der Waals surface area contributed by atoms with Gasteiger partial charge in [-0.15, -0.1) is 0 Å². The summed E-state index contributed by atoms with van der Waals surface area (Å²) < 4.78 is 18.8.